The number of benzene rings is 1. The molecule has 0 spiro atoms. The molecule has 0 bridgehead atoms. The minimum absolute atomic E-state index is 0.0181. The summed E-state index contributed by atoms with van der Waals surface area (Å²) in [5, 5.41) is 12.3. The van der Waals surface area contributed by atoms with Gasteiger partial charge in [-0.05, 0) is 84.4 Å². The van der Waals surface area contributed by atoms with E-state index in [0.717, 1.165) is 17.7 Å². The fourth-order valence-electron chi connectivity index (χ4n) is 9.20. The maximum atomic E-state index is 14.3. The van der Waals surface area contributed by atoms with E-state index >= 15 is 0 Å². The molecule has 3 saturated heterocycles. The van der Waals surface area contributed by atoms with Gasteiger partial charge in [0.05, 0.1) is 30.0 Å². The molecule has 16 nitrogen and oxygen atoms in total. The maximum Gasteiger partial charge on any atom is 0.410 e. The molecule has 2 aromatic rings. The normalized spacial score (nSPS) is 36.8. The Kier molecular flexibility index (Phi) is 15.0. The molecule has 3 aliphatic heterocycles. The third kappa shape index (κ3) is 9.85. The molecule has 58 heavy (non-hydrogen) atoms. The highest BCUT2D eigenvalue weighted by atomic mass is 16.7. The van der Waals surface area contributed by atoms with Crippen LogP contribution >= 0.6 is 0 Å². The Morgan fingerprint density at radius 1 is 1.07 bits per heavy atom. The van der Waals surface area contributed by atoms with E-state index in [4.69, 9.17) is 40.9 Å². The number of Topliss-reactive ketones (excluding diaryl/α,β-unsaturated/α-hetero) is 1. The van der Waals surface area contributed by atoms with E-state index in [1.54, 1.807) is 30.5 Å². The number of fused-ring (bicyclic) bond motifs is 1. The van der Waals surface area contributed by atoms with Crippen molar-refractivity contribution >= 4 is 23.5 Å². The van der Waals surface area contributed by atoms with Crippen molar-refractivity contribution in [2.45, 2.75) is 148 Å². The summed E-state index contributed by atoms with van der Waals surface area (Å²) in [4.78, 5) is 43.9. The zero-order chi connectivity index (χ0) is 42.5. The van der Waals surface area contributed by atoms with Gasteiger partial charge in [0, 0.05) is 61.9 Å². The number of carbonyl (C=O) groups is 3. The van der Waals surface area contributed by atoms with Crippen LogP contribution in [0.3, 0.4) is 0 Å². The first-order chi connectivity index (χ1) is 27.5. The molecule has 1 aromatic heterocycles. The molecule has 3 aliphatic rings. The number of carbonyl (C=O) groups excluding carboxylic acids is 3. The summed E-state index contributed by atoms with van der Waals surface area (Å²) in [5.74, 6) is -3.17. The van der Waals surface area contributed by atoms with Crippen LogP contribution in [0.15, 0.2) is 30.5 Å². The van der Waals surface area contributed by atoms with Gasteiger partial charge in [0.2, 0.25) is 0 Å². The van der Waals surface area contributed by atoms with Crippen LogP contribution in [0.4, 0.5) is 10.5 Å². The quantitative estimate of drug-likeness (QED) is 0.110. The molecular weight excluding hydrogens is 745 g/mol. The summed E-state index contributed by atoms with van der Waals surface area (Å²) < 4.78 is 33.5. The number of ketones is 1. The predicted molar refractivity (Wildman–Crippen MR) is 219 cm³/mol. The lowest BCUT2D eigenvalue weighted by atomic mass is 9.78. The van der Waals surface area contributed by atoms with E-state index in [-0.39, 0.29) is 42.4 Å². The SMILES string of the molecule is CC[C@H]1OC(=O)[C@H](C)C(=O)[C@@H](C)[C@@H](OC2O[C@H](CN)C[C@H](N)[C@H]2C)[C@](C)(OC)C[C@@H](C)CN[C@H](C)[C@H]2N(CCCCn3cc(-c4cccc(N)c4)nn3)C(=O)O[C@]12C. The Hall–Kier alpha value is -3.67. The van der Waals surface area contributed by atoms with Crippen LogP contribution in [0.25, 0.3) is 11.3 Å². The van der Waals surface area contributed by atoms with E-state index in [1.165, 1.54) is 0 Å². The smallest absolute Gasteiger partial charge is 0.410 e. The molecule has 16 heteroatoms. The first kappa shape index (κ1) is 45.4. The minimum Gasteiger partial charge on any atom is -0.458 e. The summed E-state index contributed by atoms with van der Waals surface area (Å²) in [6.07, 6.45) is 1.57. The third-order valence-electron chi connectivity index (χ3n) is 12.8. The number of aromatic nitrogens is 3. The molecule has 324 valence electrons. The summed E-state index contributed by atoms with van der Waals surface area (Å²) in [5.41, 5.74) is 18.5. The van der Waals surface area contributed by atoms with E-state index < -0.39 is 59.6 Å². The van der Waals surface area contributed by atoms with Crippen LogP contribution < -0.4 is 22.5 Å². The number of hydrogen-bond acceptors (Lipinski definition) is 14. The molecule has 1 unspecified atom stereocenters. The second-order valence-electron chi connectivity index (χ2n) is 17.3. The molecule has 1 aromatic carbocycles. The van der Waals surface area contributed by atoms with Crippen molar-refractivity contribution in [1.29, 1.82) is 0 Å². The Morgan fingerprint density at radius 3 is 2.47 bits per heavy atom. The highest BCUT2D eigenvalue weighted by Gasteiger charge is 2.58. The molecular formula is C42H68N8O8. The number of nitrogens with two attached hydrogens (primary N) is 3. The third-order valence-corrected chi connectivity index (χ3v) is 12.8. The standard InChI is InChI=1S/C42H68N8O8/c1-10-34-42(8)36(50(40(53)58-42)17-12-11-16-49-23-33(47-48-49)29-14-13-15-30(44)18-29)28(6)46-22-24(2)20-41(7,54-9)37(26(4)35(51)27(5)38(52)56-34)57-39-25(3)32(45)19-31(21-43)55-39/h13-15,18,23-28,31-32,34,36-37,39,46H,10-12,16-17,19-22,43-45H2,1-9H3/t24-,25-,26-,27-,28-,31+,32+,34-,36-,37-,39?,41-,42-/m1/s1. The van der Waals surface area contributed by atoms with Crippen LogP contribution in [0.1, 0.15) is 87.5 Å². The first-order valence-electron chi connectivity index (χ1n) is 21.0. The van der Waals surface area contributed by atoms with Gasteiger partial charge in [-0.3, -0.25) is 19.2 Å². The van der Waals surface area contributed by atoms with Crippen molar-refractivity contribution in [1.82, 2.24) is 25.2 Å². The lowest BCUT2D eigenvalue weighted by Gasteiger charge is -2.46. The van der Waals surface area contributed by atoms with Crippen molar-refractivity contribution in [3.05, 3.63) is 30.5 Å². The van der Waals surface area contributed by atoms with Gasteiger partial charge in [-0.2, -0.15) is 0 Å². The average molecular weight is 813 g/mol. The molecule has 1 amide bonds. The van der Waals surface area contributed by atoms with E-state index in [9.17, 15) is 14.4 Å². The predicted octanol–water partition coefficient (Wildman–Crippen LogP) is 3.90. The Balaban J connectivity index is 1.37. The van der Waals surface area contributed by atoms with Crippen LogP contribution in [-0.2, 0) is 39.8 Å². The van der Waals surface area contributed by atoms with Gasteiger partial charge >= 0.3 is 12.1 Å². The maximum absolute atomic E-state index is 14.3. The number of nitrogen functional groups attached to an aromatic ring is 1. The first-order valence-corrected chi connectivity index (χ1v) is 21.0. The number of nitrogens with one attached hydrogen (secondary N) is 1. The van der Waals surface area contributed by atoms with Gasteiger partial charge in [-0.1, -0.05) is 45.0 Å². The van der Waals surface area contributed by atoms with Crippen LogP contribution in [-0.4, -0.2) is 118 Å². The Labute approximate surface area is 343 Å². The van der Waals surface area contributed by atoms with Crippen LogP contribution in [0, 0.1) is 23.7 Å². The van der Waals surface area contributed by atoms with Crippen LogP contribution in [0.5, 0.6) is 0 Å². The Morgan fingerprint density at radius 2 is 1.79 bits per heavy atom. The number of rotatable bonds is 11. The average Bonchev–Trinajstić information content (AvgIpc) is 3.78. The lowest BCUT2D eigenvalue weighted by molar-refractivity contribution is -0.275. The number of esters is 1. The molecule has 0 saturated carbocycles. The zero-order valence-corrected chi connectivity index (χ0v) is 35.9. The van der Waals surface area contributed by atoms with Crippen molar-refractivity contribution in [3.8, 4) is 11.3 Å². The second kappa shape index (κ2) is 19.1. The summed E-state index contributed by atoms with van der Waals surface area (Å²) in [6, 6.07) is 6.51. The monoisotopic (exact) mass is 813 g/mol. The summed E-state index contributed by atoms with van der Waals surface area (Å²) in [7, 11) is 1.61. The van der Waals surface area contributed by atoms with Gasteiger partial charge in [0.1, 0.15) is 17.7 Å². The van der Waals surface area contributed by atoms with Crippen molar-refractivity contribution in [3.63, 3.8) is 0 Å². The molecule has 0 aliphatic carbocycles. The minimum atomic E-state index is -1.22. The molecule has 3 fully saturated rings. The van der Waals surface area contributed by atoms with Gasteiger partial charge < -0.3 is 46.2 Å². The van der Waals surface area contributed by atoms with Gasteiger partial charge in [0.25, 0.3) is 0 Å². The van der Waals surface area contributed by atoms with Crippen molar-refractivity contribution in [2.24, 2.45) is 35.1 Å². The fraction of sp³-hybridized carbons (Fsp3) is 0.738. The van der Waals surface area contributed by atoms with E-state index in [0.29, 0.717) is 51.0 Å². The topological polar surface area (TPSA) is 221 Å². The molecule has 0 radical (unpaired) electrons. The van der Waals surface area contributed by atoms with Crippen molar-refractivity contribution in [2.75, 3.05) is 32.5 Å². The highest BCUT2D eigenvalue weighted by molar-refractivity contribution is 6.00. The molecule has 5 rings (SSSR count). The number of anilines is 1. The Bertz CT molecular complexity index is 1710. The second-order valence-corrected chi connectivity index (χ2v) is 17.3. The molecule has 13 atom stereocenters. The zero-order valence-electron chi connectivity index (χ0n) is 35.9. The number of hydrogen-bond donors (Lipinski definition) is 4. The lowest BCUT2D eigenvalue weighted by Crippen LogP contribution is -2.61. The number of unbranched alkanes of at least 4 members (excludes halogenated alkanes) is 1. The van der Waals surface area contributed by atoms with Crippen molar-refractivity contribution < 1.29 is 38.1 Å². The van der Waals surface area contributed by atoms with Gasteiger partial charge in [-0.15, -0.1) is 5.10 Å². The number of nitrogens with zero attached hydrogens (tertiary/aromatic N) is 4. The van der Waals surface area contributed by atoms with E-state index in [2.05, 4.69) is 22.6 Å². The summed E-state index contributed by atoms with van der Waals surface area (Å²) >= 11 is 0. The molecule has 7 N–H and O–H groups in total. The number of amides is 1. The largest absolute Gasteiger partial charge is 0.458 e. The van der Waals surface area contributed by atoms with E-state index in [1.807, 2.05) is 65.1 Å². The fourth-order valence-corrected chi connectivity index (χ4v) is 9.20. The number of aryl methyl sites for hydroxylation is 1. The number of ether oxygens (including phenoxy) is 5. The van der Waals surface area contributed by atoms with Gasteiger partial charge in [-0.25, -0.2) is 4.79 Å². The number of cyclic esters (lactones) is 1. The number of methoxy groups -OCH3 is 1. The highest BCUT2D eigenvalue weighted by Crippen LogP contribution is 2.40. The van der Waals surface area contributed by atoms with Crippen LogP contribution in [0.2, 0.25) is 0 Å². The summed E-state index contributed by atoms with van der Waals surface area (Å²) in [6.45, 7) is 16.9. The molecule has 4 heterocycles. The van der Waals surface area contributed by atoms with Gasteiger partial charge in [0.15, 0.2) is 17.7 Å².